The first-order valence-electron chi connectivity index (χ1n) is 9.77. The number of rotatable bonds is 6. The number of hydrogen-bond donors (Lipinski definition) is 2. The van der Waals surface area contributed by atoms with Crippen LogP contribution >= 0.6 is 0 Å². The third-order valence-corrected chi connectivity index (χ3v) is 5.68. The van der Waals surface area contributed by atoms with E-state index in [9.17, 15) is 8.78 Å². The van der Waals surface area contributed by atoms with Gasteiger partial charge in [-0.25, -0.2) is 8.78 Å². The fourth-order valence-corrected chi connectivity index (χ4v) is 4.08. The van der Waals surface area contributed by atoms with E-state index in [4.69, 9.17) is 10.5 Å². The van der Waals surface area contributed by atoms with Crippen molar-refractivity contribution >= 4 is 0 Å². The van der Waals surface area contributed by atoms with Crippen molar-refractivity contribution in [3.05, 3.63) is 65.2 Å². The zero-order chi connectivity index (χ0) is 18.8. The molecule has 2 aromatic carbocycles. The van der Waals surface area contributed by atoms with Gasteiger partial charge in [0, 0.05) is 29.6 Å². The summed E-state index contributed by atoms with van der Waals surface area (Å²) in [6.45, 7) is 0.222. The molecule has 27 heavy (non-hydrogen) atoms. The number of nitrogens with two attached hydrogens (primary N) is 1. The van der Waals surface area contributed by atoms with Crippen LogP contribution in [0.2, 0.25) is 0 Å². The minimum absolute atomic E-state index is 0.129. The maximum absolute atomic E-state index is 14.5. The van der Waals surface area contributed by atoms with Crippen molar-refractivity contribution in [2.75, 3.05) is 0 Å². The Hall–Kier alpha value is -1.98. The van der Waals surface area contributed by atoms with Gasteiger partial charge in [-0.1, -0.05) is 18.2 Å². The van der Waals surface area contributed by atoms with E-state index in [0.717, 1.165) is 37.7 Å². The number of nitrogens with one attached hydrogen (secondary N) is 1. The second-order valence-electron chi connectivity index (χ2n) is 7.80. The highest BCUT2D eigenvalue weighted by Gasteiger charge is 2.43. The summed E-state index contributed by atoms with van der Waals surface area (Å²) in [6.07, 6.45) is 5.20. The van der Waals surface area contributed by atoms with Crippen LogP contribution in [0.25, 0.3) is 0 Å². The van der Waals surface area contributed by atoms with Crippen molar-refractivity contribution in [3.8, 4) is 5.75 Å². The second-order valence-corrected chi connectivity index (χ2v) is 7.80. The fourth-order valence-electron chi connectivity index (χ4n) is 4.08. The standard InChI is InChI=1S/C22H26F2N2O/c23-15-4-1-3-14(11-15)13-27-21-6-2-5-19(24)22(21)18-12-20(18)26-17-9-7-16(25)8-10-17/h1-6,11,16-18,20,26H,7-10,12-13,25H2/t16?,17?,18-,20-/m1/s1. The molecule has 0 saturated heterocycles. The molecule has 0 bridgehead atoms. The largest absolute Gasteiger partial charge is 0.489 e. The zero-order valence-electron chi connectivity index (χ0n) is 15.3. The predicted octanol–water partition coefficient (Wildman–Crippen LogP) is 4.26. The maximum Gasteiger partial charge on any atom is 0.130 e. The summed E-state index contributed by atoms with van der Waals surface area (Å²) in [4.78, 5) is 0. The summed E-state index contributed by atoms with van der Waals surface area (Å²) in [6, 6.07) is 12.3. The van der Waals surface area contributed by atoms with Gasteiger partial charge in [0.1, 0.15) is 24.0 Å². The second kappa shape index (κ2) is 7.95. The smallest absolute Gasteiger partial charge is 0.130 e. The van der Waals surface area contributed by atoms with E-state index < -0.39 is 0 Å². The average molecular weight is 372 g/mol. The van der Waals surface area contributed by atoms with Gasteiger partial charge in [-0.05, 0) is 61.9 Å². The molecule has 0 aliphatic heterocycles. The molecule has 5 heteroatoms. The Balaban J connectivity index is 1.41. The van der Waals surface area contributed by atoms with Crippen molar-refractivity contribution in [2.45, 2.75) is 62.8 Å². The third-order valence-electron chi connectivity index (χ3n) is 5.68. The highest BCUT2D eigenvalue weighted by atomic mass is 19.1. The van der Waals surface area contributed by atoms with Crippen LogP contribution in [0.4, 0.5) is 8.78 Å². The monoisotopic (exact) mass is 372 g/mol. The van der Waals surface area contributed by atoms with Crippen molar-refractivity contribution < 1.29 is 13.5 Å². The minimum Gasteiger partial charge on any atom is -0.489 e. The lowest BCUT2D eigenvalue weighted by Crippen LogP contribution is -2.38. The van der Waals surface area contributed by atoms with Gasteiger partial charge in [-0.2, -0.15) is 0 Å². The highest BCUT2D eigenvalue weighted by molar-refractivity contribution is 5.42. The SMILES string of the molecule is NC1CCC(N[C@@H]2C[C@H]2c2c(F)cccc2OCc2cccc(F)c2)CC1. The summed E-state index contributed by atoms with van der Waals surface area (Å²) >= 11 is 0. The highest BCUT2D eigenvalue weighted by Crippen LogP contribution is 2.46. The van der Waals surface area contributed by atoms with Gasteiger partial charge in [0.25, 0.3) is 0 Å². The van der Waals surface area contributed by atoms with Crippen LogP contribution in [-0.4, -0.2) is 18.1 Å². The van der Waals surface area contributed by atoms with Gasteiger partial charge >= 0.3 is 0 Å². The Bertz CT molecular complexity index is 790. The van der Waals surface area contributed by atoms with E-state index in [0.29, 0.717) is 23.4 Å². The Morgan fingerprint density at radius 3 is 2.59 bits per heavy atom. The zero-order valence-corrected chi connectivity index (χ0v) is 15.3. The molecule has 2 saturated carbocycles. The topological polar surface area (TPSA) is 47.3 Å². The number of benzene rings is 2. The molecular weight excluding hydrogens is 346 g/mol. The molecule has 0 amide bonds. The fraction of sp³-hybridized carbons (Fsp3) is 0.455. The molecule has 0 spiro atoms. The quantitative estimate of drug-likeness (QED) is 0.797. The predicted molar refractivity (Wildman–Crippen MR) is 102 cm³/mol. The van der Waals surface area contributed by atoms with Gasteiger partial charge in [0.15, 0.2) is 0 Å². The summed E-state index contributed by atoms with van der Waals surface area (Å²) in [5.74, 6) is 0.157. The molecule has 3 nitrogen and oxygen atoms in total. The molecule has 0 heterocycles. The van der Waals surface area contributed by atoms with E-state index in [1.807, 2.05) is 0 Å². The van der Waals surface area contributed by atoms with Crippen LogP contribution in [0.1, 0.15) is 49.1 Å². The summed E-state index contributed by atoms with van der Waals surface area (Å²) in [7, 11) is 0. The van der Waals surface area contributed by atoms with E-state index in [1.165, 1.54) is 18.2 Å². The summed E-state index contributed by atoms with van der Waals surface area (Å²) in [5.41, 5.74) is 7.34. The molecule has 2 aliphatic carbocycles. The van der Waals surface area contributed by atoms with Crippen LogP contribution in [-0.2, 0) is 6.61 Å². The Kier molecular flexibility index (Phi) is 5.41. The maximum atomic E-state index is 14.5. The Labute approximate surface area is 158 Å². The van der Waals surface area contributed by atoms with Crippen molar-refractivity contribution in [3.63, 3.8) is 0 Å². The van der Waals surface area contributed by atoms with Crippen LogP contribution < -0.4 is 15.8 Å². The molecule has 4 rings (SSSR count). The molecule has 2 aliphatic rings. The Morgan fingerprint density at radius 1 is 1.04 bits per heavy atom. The first kappa shape index (κ1) is 18.4. The van der Waals surface area contributed by atoms with Crippen LogP contribution in [0.3, 0.4) is 0 Å². The van der Waals surface area contributed by atoms with Crippen molar-refractivity contribution in [2.24, 2.45) is 5.73 Å². The van der Waals surface area contributed by atoms with Crippen LogP contribution in [0.15, 0.2) is 42.5 Å². The normalized spacial score (nSPS) is 27.4. The van der Waals surface area contributed by atoms with E-state index in [1.54, 1.807) is 24.3 Å². The third kappa shape index (κ3) is 4.47. The Morgan fingerprint density at radius 2 is 1.81 bits per heavy atom. The molecule has 3 N–H and O–H groups in total. The van der Waals surface area contributed by atoms with Gasteiger partial charge in [-0.15, -0.1) is 0 Å². The van der Waals surface area contributed by atoms with Crippen molar-refractivity contribution in [1.29, 1.82) is 0 Å². The van der Waals surface area contributed by atoms with Crippen LogP contribution in [0.5, 0.6) is 5.75 Å². The molecular formula is C22H26F2N2O. The lowest BCUT2D eigenvalue weighted by atomic mass is 9.92. The molecule has 144 valence electrons. The lowest BCUT2D eigenvalue weighted by Gasteiger charge is -2.27. The lowest BCUT2D eigenvalue weighted by molar-refractivity contribution is 0.299. The molecule has 2 fully saturated rings. The first-order valence-corrected chi connectivity index (χ1v) is 9.77. The number of halogens is 2. The van der Waals surface area contributed by atoms with E-state index in [-0.39, 0.29) is 30.2 Å². The summed E-state index contributed by atoms with van der Waals surface area (Å²) in [5, 5.41) is 3.67. The van der Waals surface area contributed by atoms with Crippen molar-refractivity contribution in [1.82, 2.24) is 5.32 Å². The molecule has 0 aromatic heterocycles. The number of hydrogen-bond acceptors (Lipinski definition) is 3. The van der Waals surface area contributed by atoms with Gasteiger partial charge in [0.2, 0.25) is 0 Å². The molecule has 0 radical (unpaired) electrons. The molecule has 2 aromatic rings. The number of ether oxygens (including phenoxy) is 1. The van der Waals surface area contributed by atoms with Gasteiger partial charge in [0.05, 0.1) is 0 Å². The minimum atomic E-state index is -0.297. The van der Waals surface area contributed by atoms with Crippen LogP contribution in [0, 0.1) is 11.6 Å². The molecule has 0 unspecified atom stereocenters. The van der Waals surface area contributed by atoms with E-state index in [2.05, 4.69) is 5.32 Å². The average Bonchev–Trinajstić information content (AvgIpc) is 3.40. The summed E-state index contributed by atoms with van der Waals surface area (Å²) < 4.78 is 33.8. The molecule has 2 atom stereocenters. The van der Waals surface area contributed by atoms with Gasteiger partial charge < -0.3 is 15.8 Å². The van der Waals surface area contributed by atoms with Gasteiger partial charge in [-0.3, -0.25) is 0 Å². The first-order chi connectivity index (χ1) is 13.1. The van der Waals surface area contributed by atoms with E-state index >= 15 is 0 Å².